The predicted molar refractivity (Wildman–Crippen MR) is 133 cm³/mol. The number of ether oxygens (including phenoxy) is 1. The molecule has 172 valence electrons. The van der Waals surface area contributed by atoms with Gasteiger partial charge in [-0.05, 0) is 30.0 Å². The second kappa shape index (κ2) is 10.5. The van der Waals surface area contributed by atoms with Gasteiger partial charge in [0.15, 0.2) is 5.82 Å². The summed E-state index contributed by atoms with van der Waals surface area (Å²) in [7, 11) is 0. The lowest BCUT2D eigenvalue weighted by molar-refractivity contribution is -0.142. The van der Waals surface area contributed by atoms with Crippen molar-refractivity contribution in [2.75, 3.05) is 12.3 Å². The molecule has 0 unspecified atom stereocenters. The number of nitrogens with two attached hydrogens (primary N) is 1. The number of imidazole rings is 1. The molecular formula is C27H32N4O2. The largest absolute Gasteiger partial charge is 0.465 e. The molecule has 2 heterocycles. The third-order valence-corrected chi connectivity index (χ3v) is 5.92. The number of anilines is 1. The van der Waals surface area contributed by atoms with Gasteiger partial charge in [-0.15, -0.1) is 0 Å². The van der Waals surface area contributed by atoms with Gasteiger partial charge in [0, 0.05) is 18.4 Å². The Morgan fingerprint density at radius 3 is 2.45 bits per heavy atom. The van der Waals surface area contributed by atoms with Crippen molar-refractivity contribution in [2.24, 2.45) is 0 Å². The Morgan fingerprint density at radius 1 is 0.970 bits per heavy atom. The monoisotopic (exact) mass is 444 g/mol. The molecule has 0 aliphatic rings. The van der Waals surface area contributed by atoms with Gasteiger partial charge in [0.05, 0.1) is 24.1 Å². The van der Waals surface area contributed by atoms with Crippen molar-refractivity contribution in [1.29, 1.82) is 0 Å². The molecule has 0 amide bonds. The lowest BCUT2D eigenvalue weighted by Crippen LogP contribution is -2.09. The fraction of sp³-hybridized carbons (Fsp3) is 0.370. The number of carbonyl (C=O) groups excluding carboxylic acids is 1. The number of carbonyl (C=O) groups is 1. The van der Waals surface area contributed by atoms with E-state index in [0.717, 1.165) is 71.0 Å². The molecule has 2 aromatic carbocycles. The number of fused-ring (bicyclic) bond motifs is 3. The standard InChI is InChI=1S/C27H32N4O2/c1-3-5-11-23-30-25-26(21-9-7-8-10-22(21)29-27(25)28)31(23)18-20-14-12-19(13-15-20)17-24(32)33-16-6-4-2/h7-10,12-15H,3-6,11,16-18H2,1-2H3,(H2,28,29). The third kappa shape index (κ3) is 5.16. The maximum atomic E-state index is 12.0. The van der Waals surface area contributed by atoms with E-state index in [1.165, 1.54) is 0 Å². The quantitative estimate of drug-likeness (QED) is 0.260. The summed E-state index contributed by atoms with van der Waals surface area (Å²) in [5, 5.41) is 1.06. The highest BCUT2D eigenvalue weighted by Crippen LogP contribution is 2.30. The summed E-state index contributed by atoms with van der Waals surface area (Å²) >= 11 is 0. The van der Waals surface area contributed by atoms with Crippen molar-refractivity contribution in [3.63, 3.8) is 0 Å². The van der Waals surface area contributed by atoms with Gasteiger partial charge in [0.2, 0.25) is 0 Å². The fourth-order valence-corrected chi connectivity index (χ4v) is 4.09. The molecule has 6 heteroatoms. The van der Waals surface area contributed by atoms with Crippen molar-refractivity contribution < 1.29 is 9.53 Å². The average molecular weight is 445 g/mol. The summed E-state index contributed by atoms with van der Waals surface area (Å²) in [5.41, 5.74) is 11.1. The van der Waals surface area contributed by atoms with E-state index in [2.05, 4.69) is 41.6 Å². The lowest BCUT2D eigenvalue weighted by Gasteiger charge is -2.12. The Labute approximate surface area is 194 Å². The number of aryl methyl sites for hydroxylation is 1. The Hall–Kier alpha value is -3.41. The molecule has 0 saturated carbocycles. The number of pyridine rings is 1. The van der Waals surface area contributed by atoms with Crippen LogP contribution >= 0.6 is 0 Å². The second-order valence-corrected chi connectivity index (χ2v) is 8.50. The summed E-state index contributed by atoms with van der Waals surface area (Å²) in [6.45, 7) is 5.44. The van der Waals surface area contributed by atoms with Crippen LogP contribution in [0.4, 0.5) is 5.82 Å². The van der Waals surface area contributed by atoms with E-state index in [0.29, 0.717) is 25.4 Å². The number of nitrogens with zero attached hydrogens (tertiary/aromatic N) is 3. The normalized spacial score (nSPS) is 11.3. The maximum Gasteiger partial charge on any atom is 0.310 e. The summed E-state index contributed by atoms with van der Waals surface area (Å²) in [5.74, 6) is 1.32. The number of aromatic nitrogens is 3. The molecule has 4 aromatic rings. The Balaban J connectivity index is 1.64. The molecule has 0 spiro atoms. The second-order valence-electron chi connectivity index (χ2n) is 8.50. The molecule has 4 rings (SSSR count). The zero-order chi connectivity index (χ0) is 23.2. The first-order valence-corrected chi connectivity index (χ1v) is 11.9. The number of hydrogen-bond acceptors (Lipinski definition) is 5. The average Bonchev–Trinajstić information content (AvgIpc) is 3.18. The number of hydrogen-bond donors (Lipinski definition) is 1. The van der Waals surface area contributed by atoms with Crippen LogP contribution in [0.1, 0.15) is 56.5 Å². The van der Waals surface area contributed by atoms with Gasteiger partial charge in [-0.2, -0.15) is 0 Å². The van der Waals surface area contributed by atoms with Crippen LogP contribution in [0.5, 0.6) is 0 Å². The SMILES string of the molecule is CCCCOC(=O)Cc1ccc(Cn2c(CCCC)nc3c(N)nc4ccccc4c32)cc1. The molecule has 0 aliphatic carbocycles. The van der Waals surface area contributed by atoms with Crippen LogP contribution in [0.15, 0.2) is 48.5 Å². The maximum absolute atomic E-state index is 12.0. The van der Waals surface area contributed by atoms with Crippen molar-refractivity contribution in [2.45, 2.75) is 58.9 Å². The molecule has 0 aliphatic heterocycles. The van der Waals surface area contributed by atoms with Gasteiger partial charge in [-0.25, -0.2) is 9.97 Å². The van der Waals surface area contributed by atoms with E-state index >= 15 is 0 Å². The summed E-state index contributed by atoms with van der Waals surface area (Å²) in [6.07, 6.45) is 5.27. The minimum absolute atomic E-state index is 0.173. The first kappa shape index (κ1) is 22.8. The molecule has 0 saturated heterocycles. The topological polar surface area (TPSA) is 83.0 Å². The van der Waals surface area contributed by atoms with E-state index in [1.807, 2.05) is 30.3 Å². The van der Waals surface area contributed by atoms with Gasteiger partial charge in [-0.1, -0.05) is 69.2 Å². The van der Waals surface area contributed by atoms with Crippen LogP contribution in [0.25, 0.3) is 21.9 Å². The minimum atomic E-state index is -0.173. The number of rotatable bonds is 10. The van der Waals surface area contributed by atoms with Crippen molar-refractivity contribution in [3.8, 4) is 0 Å². The number of benzene rings is 2. The summed E-state index contributed by atoms with van der Waals surface area (Å²) < 4.78 is 7.56. The zero-order valence-corrected chi connectivity index (χ0v) is 19.5. The highest BCUT2D eigenvalue weighted by Gasteiger charge is 2.17. The van der Waals surface area contributed by atoms with Gasteiger partial charge in [0.25, 0.3) is 0 Å². The molecule has 33 heavy (non-hydrogen) atoms. The van der Waals surface area contributed by atoms with E-state index in [1.54, 1.807) is 0 Å². The van der Waals surface area contributed by atoms with Gasteiger partial charge in [0.1, 0.15) is 11.3 Å². The van der Waals surface area contributed by atoms with Crippen LogP contribution < -0.4 is 5.73 Å². The molecular weight excluding hydrogens is 412 g/mol. The molecule has 0 bridgehead atoms. The van der Waals surface area contributed by atoms with Gasteiger partial charge < -0.3 is 15.0 Å². The van der Waals surface area contributed by atoms with E-state index in [-0.39, 0.29) is 5.97 Å². The third-order valence-electron chi connectivity index (χ3n) is 5.92. The molecule has 2 aromatic heterocycles. The predicted octanol–water partition coefficient (Wildman–Crippen LogP) is 5.44. The van der Waals surface area contributed by atoms with Crippen LogP contribution in [0, 0.1) is 0 Å². The number of nitrogen functional groups attached to an aromatic ring is 1. The summed E-state index contributed by atoms with van der Waals surface area (Å²) in [6, 6.07) is 16.3. The number of unbranched alkanes of at least 4 members (excludes halogenated alkanes) is 2. The van der Waals surface area contributed by atoms with Crippen LogP contribution in [0.2, 0.25) is 0 Å². The summed E-state index contributed by atoms with van der Waals surface area (Å²) in [4.78, 5) is 21.5. The molecule has 0 atom stereocenters. The van der Waals surface area contributed by atoms with Crippen LogP contribution in [0.3, 0.4) is 0 Å². The lowest BCUT2D eigenvalue weighted by atomic mass is 10.1. The van der Waals surface area contributed by atoms with Crippen molar-refractivity contribution in [1.82, 2.24) is 14.5 Å². The van der Waals surface area contributed by atoms with Crippen molar-refractivity contribution >= 4 is 33.7 Å². The van der Waals surface area contributed by atoms with E-state index in [4.69, 9.17) is 15.5 Å². The Kier molecular flexibility index (Phi) is 7.23. The number of para-hydroxylation sites is 1. The molecule has 2 N–H and O–H groups in total. The van der Waals surface area contributed by atoms with E-state index < -0.39 is 0 Å². The van der Waals surface area contributed by atoms with Crippen LogP contribution in [-0.2, 0) is 28.9 Å². The zero-order valence-electron chi connectivity index (χ0n) is 19.5. The van der Waals surface area contributed by atoms with Gasteiger partial charge >= 0.3 is 5.97 Å². The van der Waals surface area contributed by atoms with Crippen LogP contribution in [-0.4, -0.2) is 27.1 Å². The first-order chi connectivity index (χ1) is 16.1. The first-order valence-electron chi connectivity index (χ1n) is 11.9. The van der Waals surface area contributed by atoms with Crippen molar-refractivity contribution in [3.05, 3.63) is 65.5 Å². The Bertz CT molecular complexity index is 1240. The Morgan fingerprint density at radius 2 is 1.70 bits per heavy atom. The minimum Gasteiger partial charge on any atom is -0.465 e. The molecule has 0 fully saturated rings. The molecule has 6 nitrogen and oxygen atoms in total. The van der Waals surface area contributed by atoms with Gasteiger partial charge in [-0.3, -0.25) is 4.79 Å². The highest BCUT2D eigenvalue weighted by molar-refractivity contribution is 6.06. The highest BCUT2D eigenvalue weighted by atomic mass is 16.5. The number of esters is 1. The molecule has 0 radical (unpaired) electrons. The smallest absolute Gasteiger partial charge is 0.310 e. The van der Waals surface area contributed by atoms with E-state index in [9.17, 15) is 4.79 Å². The fourth-order valence-electron chi connectivity index (χ4n) is 4.09.